The van der Waals surface area contributed by atoms with E-state index in [1.54, 1.807) is 17.4 Å². The summed E-state index contributed by atoms with van der Waals surface area (Å²) in [7, 11) is 1.63. The van der Waals surface area contributed by atoms with Crippen LogP contribution in [0.5, 0.6) is 5.75 Å². The number of nitrogens with zero attached hydrogens (tertiary/aromatic N) is 2. The van der Waals surface area contributed by atoms with Crippen molar-refractivity contribution in [2.45, 2.75) is 19.4 Å². The molecule has 0 saturated carbocycles. The Morgan fingerprint density at radius 2 is 2.13 bits per heavy atom. The van der Waals surface area contributed by atoms with Gasteiger partial charge in [0, 0.05) is 24.0 Å². The molecule has 23 heavy (non-hydrogen) atoms. The number of carbonyl (C=O) groups excluding carboxylic acids is 1. The molecular weight excluding hydrogens is 312 g/mol. The van der Waals surface area contributed by atoms with Crippen LogP contribution in [-0.2, 0) is 0 Å². The molecule has 0 radical (unpaired) electrons. The van der Waals surface area contributed by atoms with E-state index in [0.29, 0.717) is 18.8 Å². The maximum atomic E-state index is 12.5. The molecule has 1 amide bonds. The highest BCUT2D eigenvalue weighted by Crippen LogP contribution is 2.27. The number of thiazole rings is 1. The third-order valence-electron chi connectivity index (χ3n) is 4.27. The highest BCUT2D eigenvalue weighted by molar-refractivity contribution is 7.13. The van der Waals surface area contributed by atoms with Crippen molar-refractivity contribution in [2.75, 3.05) is 20.2 Å². The van der Waals surface area contributed by atoms with Crippen LogP contribution < -0.4 is 4.74 Å². The first-order valence-corrected chi connectivity index (χ1v) is 8.53. The number of amides is 1. The number of aliphatic hydroxyl groups excluding tert-OH is 1. The number of carbonyl (C=O) groups is 1. The van der Waals surface area contributed by atoms with Crippen LogP contribution in [0.15, 0.2) is 29.6 Å². The van der Waals surface area contributed by atoms with Crippen molar-refractivity contribution in [1.29, 1.82) is 0 Å². The van der Waals surface area contributed by atoms with Gasteiger partial charge in [-0.15, -0.1) is 11.3 Å². The molecule has 2 heterocycles. The van der Waals surface area contributed by atoms with Crippen LogP contribution in [0.3, 0.4) is 0 Å². The van der Waals surface area contributed by atoms with Crippen LogP contribution in [-0.4, -0.2) is 47.2 Å². The molecule has 1 fully saturated rings. The van der Waals surface area contributed by atoms with Crippen molar-refractivity contribution in [1.82, 2.24) is 9.88 Å². The standard InChI is InChI=1S/C17H20N2O3S/c1-11-7-8-19(9-15(11)20)17(21)14-10-23-16(18-14)12-3-5-13(22-2)6-4-12/h3-6,10-11,15,20H,7-9H2,1-2H3. The molecule has 0 spiro atoms. The first kappa shape index (κ1) is 16.0. The number of hydrogen-bond acceptors (Lipinski definition) is 5. The van der Waals surface area contributed by atoms with Gasteiger partial charge in [0.2, 0.25) is 0 Å². The summed E-state index contributed by atoms with van der Waals surface area (Å²) in [5.74, 6) is 0.925. The molecule has 0 aliphatic carbocycles. The average molecular weight is 332 g/mol. The van der Waals surface area contributed by atoms with Gasteiger partial charge in [-0.2, -0.15) is 0 Å². The van der Waals surface area contributed by atoms with Crippen molar-refractivity contribution in [3.05, 3.63) is 35.3 Å². The number of likely N-dealkylation sites (tertiary alicyclic amines) is 1. The Balaban J connectivity index is 1.74. The maximum absolute atomic E-state index is 12.5. The number of aliphatic hydroxyl groups is 1. The maximum Gasteiger partial charge on any atom is 0.273 e. The monoisotopic (exact) mass is 332 g/mol. The predicted octanol–water partition coefficient (Wildman–Crippen LogP) is 2.66. The van der Waals surface area contributed by atoms with E-state index in [2.05, 4.69) is 4.98 Å². The molecule has 3 rings (SSSR count). The third kappa shape index (κ3) is 3.38. The van der Waals surface area contributed by atoms with Crippen LogP contribution in [0, 0.1) is 5.92 Å². The molecule has 1 N–H and O–H groups in total. The van der Waals surface area contributed by atoms with E-state index >= 15 is 0 Å². The lowest BCUT2D eigenvalue weighted by atomic mass is 9.96. The van der Waals surface area contributed by atoms with E-state index in [4.69, 9.17) is 4.74 Å². The van der Waals surface area contributed by atoms with Gasteiger partial charge in [0.15, 0.2) is 0 Å². The molecule has 6 heteroatoms. The number of β-amino-alcohol motifs (C(OH)–C–C–N with tert-alkyl or cyclic N) is 1. The van der Waals surface area contributed by atoms with E-state index in [0.717, 1.165) is 22.7 Å². The number of benzene rings is 1. The average Bonchev–Trinajstić information content (AvgIpc) is 3.07. The summed E-state index contributed by atoms with van der Waals surface area (Å²) >= 11 is 1.45. The zero-order valence-corrected chi connectivity index (χ0v) is 14.0. The Morgan fingerprint density at radius 3 is 2.78 bits per heavy atom. The largest absolute Gasteiger partial charge is 0.497 e. The number of aromatic nitrogens is 1. The quantitative estimate of drug-likeness (QED) is 0.938. The molecule has 1 aromatic carbocycles. The molecule has 0 bridgehead atoms. The van der Waals surface area contributed by atoms with Crippen LogP contribution in [0.1, 0.15) is 23.8 Å². The van der Waals surface area contributed by atoms with Crippen molar-refractivity contribution in [3.8, 4) is 16.3 Å². The van der Waals surface area contributed by atoms with Gasteiger partial charge in [-0.05, 0) is 36.6 Å². The summed E-state index contributed by atoms with van der Waals surface area (Å²) in [5.41, 5.74) is 1.41. The zero-order chi connectivity index (χ0) is 16.4. The number of ether oxygens (including phenoxy) is 1. The second kappa shape index (κ2) is 6.68. The summed E-state index contributed by atoms with van der Waals surface area (Å²) in [4.78, 5) is 18.7. The zero-order valence-electron chi connectivity index (χ0n) is 13.2. The predicted molar refractivity (Wildman–Crippen MR) is 89.8 cm³/mol. The molecule has 122 valence electrons. The van der Waals surface area contributed by atoms with Crippen molar-refractivity contribution in [2.24, 2.45) is 5.92 Å². The van der Waals surface area contributed by atoms with Gasteiger partial charge in [-0.25, -0.2) is 4.98 Å². The molecule has 1 saturated heterocycles. The summed E-state index contributed by atoms with van der Waals surface area (Å²) in [6, 6.07) is 7.61. The second-order valence-electron chi connectivity index (χ2n) is 5.85. The number of methoxy groups -OCH3 is 1. The van der Waals surface area contributed by atoms with Crippen molar-refractivity contribution in [3.63, 3.8) is 0 Å². The first-order valence-electron chi connectivity index (χ1n) is 7.66. The minimum Gasteiger partial charge on any atom is -0.497 e. The fourth-order valence-corrected chi connectivity index (χ4v) is 3.43. The Bertz CT molecular complexity index is 683. The Hall–Kier alpha value is -1.92. The van der Waals surface area contributed by atoms with Gasteiger partial charge in [0.1, 0.15) is 16.5 Å². The SMILES string of the molecule is COc1ccc(-c2nc(C(=O)N3CCC(C)C(O)C3)cs2)cc1. The molecule has 1 aliphatic heterocycles. The smallest absolute Gasteiger partial charge is 0.273 e. The fourth-order valence-electron chi connectivity index (χ4n) is 2.63. The lowest BCUT2D eigenvalue weighted by Crippen LogP contribution is -2.45. The van der Waals surface area contributed by atoms with Gasteiger partial charge >= 0.3 is 0 Å². The molecule has 1 aromatic heterocycles. The topological polar surface area (TPSA) is 62.7 Å². The van der Waals surface area contributed by atoms with Crippen molar-refractivity contribution >= 4 is 17.2 Å². The van der Waals surface area contributed by atoms with Gasteiger partial charge in [-0.1, -0.05) is 6.92 Å². The minimum atomic E-state index is -0.451. The Morgan fingerprint density at radius 1 is 1.39 bits per heavy atom. The Labute approximate surface area is 139 Å². The minimum absolute atomic E-state index is 0.105. The van der Waals surface area contributed by atoms with Crippen LogP contribution in [0.25, 0.3) is 10.6 Å². The molecule has 1 aliphatic rings. The van der Waals surface area contributed by atoms with Gasteiger partial charge in [-0.3, -0.25) is 4.79 Å². The third-order valence-corrected chi connectivity index (χ3v) is 5.16. The van der Waals surface area contributed by atoms with E-state index in [1.165, 1.54) is 11.3 Å². The summed E-state index contributed by atoms with van der Waals surface area (Å²) < 4.78 is 5.15. The van der Waals surface area contributed by atoms with Gasteiger partial charge in [0.05, 0.1) is 13.2 Å². The van der Waals surface area contributed by atoms with E-state index in [-0.39, 0.29) is 11.8 Å². The molecular formula is C17H20N2O3S. The number of piperidine rings is 1. The lowest BCUT2D eigenvalue weighted by molar-refractivity contribution is 0.0246. The molecule has 2 aromatic rings. The Kier molecular flexibility index (Phi) is 4.63. The lowest BCUT2D eigenvalue weighted by Gasteiger charge is -2.33. The van der Waals surface area contributed by atoms with E-state index in [9.17, 15) is 9.90 Å². The highest BCUT2D eigenvalue weighted by Gasteiger charge is 2.28. The van der Waals surface area contributed by atoms with Crippen LogP contribution in [0.2, 0.25) is 0 Å². The number of hydrogen-bond donors (Lipinski definition) is 1. The molecule has 2 atom stereocenters. The molecule has 2 unspecified atom stereocenters. The normalized spacial score (nSPS) is 21.3. The van der Waals surface area contributed by atoms with E-state index in [1.807, 2.05) is 31.2 Å². The first-order chi connectivity index (χ1) is 11.1. The highest BCUT2D eigenvalue weighted by atomic mass is 32.1. The second-order valence-corrected chi connectivity index (χ2v) is 6.71. The van der Waals surface area contributed by atoms with Crippen LogP contribution >= 0.6 is 11.3 Å². The fraction of sp³-hybridized carbons (Fsp3) is 0.412. The summed E-state index contributed by atoms with van der Waals surface area (Å²) in [6.07, 6.45) is 0.370. The van der Waals surface area contributed by atoms with E-state index < -0.39 is 6.10 Å². The van der Waals surface area contributed by atoms with Gasteiger partial charge in [0.25, 0.3) is 5.91 Å². The summed E-state index contributed by atoms with van der Waals surface area (Å²) in [5, 5.41) is 12.5. The molecule has 5 nitrogen and oxygen atoms in total. The summed E-state index contributed by atoms with van der Waals surface area (Å²) in [6.45, 7) is 3.07. The van der Waals surface area contributed by atoms with Crippen LogP contribution in [0.4, 0.5) is 0 Å². The van der Waals surface area contributed by atoms with Crippen molar-refractivity contribution < 1.29 is 14.6 Å². The van der Waals surface area contributed by atoms with Gasteiger partial charge < -0.3 is 14.7 Å². The number of rotatable bonds is 3.